The third-order valence-corrected chi connectivity index (χ3v) is 2.18. The zero-order valence-electron chi connectivity index (χ0n) is 7.72. The summed E-state index contributed by atoms with van der Waals surface area (Å²) in [6.07, 6.45) is 2.87. The van der Waals surface area contributed by atoms with Gasteiger partial charge < -0.3 is 5.73 Å². The Morgan fingerprint density at radius 3 is 2.67 bits per heavy atom. The van der Waals surface area contributed by atoms with Crippen LogP contribution in [0.1, 0.15) is 23.6 Å². The molecule has 1 nitrogen and oxygen atoms in total. The molecule has 0 spiro atoms. The van der Waals surface area contributed by atoms with Crippen molar-refractivity contribution in [1.29, 1.82) is 0 Å². The highest BCUT2D eigenvalue weighted by atomic mass is 14.6. The second-order valence-electron chi connectivity index (χ2n) is 2.96. The van der Waals surface area contributed by atoms with E-state index in [9.17, 15) is 0 Å². The van der Waals surface area contributed by atoms with Crippen LogP contribution in [0.2, 0.25) is 0 Å². The van der Waals surface area contributed by atoms with Crippen molar-refractivity contribution >= 4 is 11.8 Å². The molecule has 1 rings (SSSR count). The average molecular weight is 161 g/mol. The van der Waals surface area contributed by atoms with Gasteiger partial charge in [0.1, 0.15) is 0 Å². The summed E-state index contributed by atoms with van der Waals surface area (Å²) in [5, 5.41) is 0. The van der Waals surface area contributed by atoms with Crippen LogP contribution < -0.4 is 5.73 Å². The molecule has 0 bridgehead atoms. The molecule has 0 aliphatic carbocycles. The molecule has 2 N–H and O–H groups in total. The topological polar surface area (TPSA) is 26.0 Å². The molecule has 0 aliphatic rings. The first-order valence-corrected chi connectivity index (χ1v) is 4.20. The van der Waals surface area contributed by atoms with Crippen LogP contribution in [0.15, 0.2) is 18.7 Å². The van der Waals surface area contributed by atoms with E-state index in [2.05, 4.69) is 19.6 Å². The summed E-state index contributed by atoms with van der Waals surface area (Å²) >= 11 is 0. The Bertz CT molecular complexity index is 300. The van der Waals surface area contributed by atoms with E-state index < -0.39 is 0 Å². The van der Waals surface area contributed by atoms with Crippen molar-refractivity contribution in [3.63, 3.8) is 0 Å². The highest BCUT2D eigenvalue weighted by molar-refractivity contribution is 5.62. The van der Waals surface area contributed by atoms with Gasteiger partial charge in [-0.25, -0.2) is 0 Å². The van der Waals surface area contributed by atoms with Gasteiger partial charge in [-0.15, -0.1) is 0 Å². The number of nitrogens with two attached hydrogens (primary N) is 1. The van der Waals surface area contributed by atoms with Crippen LogP contribution in [0.4, 0.5) is 5.69 Å². The summed E-state index contributed by atoms with van der Waals surface area (Å²) < 4.78 is 0. The zero-order valence-corrected chi connectivity index (χ0v) is 7.72. The van der Waals surface area contributed by atoms with Gasteiger partial charge in [0.05, 0.1) is 0 Å². The number of hydrogen-bond donors (Lipinski definition) is 1. The predicted octanol–water partition coefficient (Wildman–Crippen LogP) is 2.78. The van der Waals surface area contributed by atoms with Crippen LogP contribution in [0, 0.1) is 6.92 Å². The van der Waals surface area contributed by atoms with Crippen molar-refractivity contribution in [2.24, 2.45) is 0 Å². The summed E-state index contributed by atoms with van der Waals surface area (Å²) in [4.78, 5) is 0. The molecule has 0 amide bonds. The van der Waals surface area contributed by atoms with Crippen LogP contribution >= 0.6 is 0 Å². The molecule has 1 aromatic rings. The maximum Gasteiger partial charge on any atom is 0.0352 e. The van der Waals surface area contributed by atoms with Gasteiger partial charge in [-0.2, -0.15) is 0 Å². The molecule has 0 aromatic heterocycles. The van der Waals surface area contributed by atoms with E-state index in [1.807, 2.05) is 19.1 Å². The minimum Gasteiger partial charge on any atom is -0.398 e. The first-order valence-electron chi connectivity index (χ1n) is 4.20. The van der Waals surface area contributed by atoms with Crippen LogP contribution in [0.3, 0.4) is 0 Å². The maximum atomic E-state index is 5.82. The van der Waals surface area contributed by atoms with Crippen LogP contribution in [0.5, 0.6) is 0 Å². The quantitative estimate of drug-likeness (QED) is 0.663. The molecule has 0 aliphatic heterocycles. The molecule has 0 saturated carbocycles. The molecular formula is C11H15N. The minimum absolute atomic E-state index is 0.865. The molecule has 0 atom stereocenters. The number of benzene rings is 1. The lowest BCUT2D eigenvalue weighted by Gasteiger charge is -2.07. The normalized spacial score (nSPS) is 9.83. The van der Waals surface area contributed by atoms with Gasteiger partial charge in [-0.3, -0.25) is 0 Å². The number of anilines is 1. The molecule has 0 fully saturated rings. The molecule has 12 heavy (non-hydrogen) atoms. The minimum atomic E-state index is 0.865. The monoisotopic (exact) mass is 161 g/mol. The van der Waals surface area contributed by atoms with Crippen molar-refractivity contribution in [3.8, 4) is 0 Å². The molecule has 0 heterocycles. The second-order valence-corrected chi connectivity index (χ2v) is 2.96. The fraction of sp³-hybridized carbons (Fsp3) is 0.273. The van der Waals surface area contributed by atoms with Crippen LogP contribution in [-0.2, 0) is 6.42 Å². The highest BCUT2D eigenvalue weighted by Gasteiger charge is 2.00. The van der Waals surface area contributed by atoms with Crippen molar-refractivity contribution in [2.75, 3.05) is 5.73 Å². The Morgan fingerprint density at radius 1 is 1.50 bits per heavy atom. The van der Waals surface area contributed by atoms with Crippen molar-refractivity contribution in [1.82, 2.24) is 0 Å². The van der Waals surface area contributed by atoms with Gasteiger partial charge in [0.25, 0.3) is 0 Å². The van der Waals surface area contributed by atoms with E-state index in [0.717, 1.165) is 23.2 Å². The highest BCUT2D eigenvalue weighted by Crippen LogP contribution is 2.19. The van der Waals surface area contributed by atoms with Gasteiger partial charge >= 0.3 is 0 Å². The largest absolute Gasteiger partial charge is 0.398 e. The van der Waals surface area contributed by atoms with Gasteiger partial charge in [0.15, 0.2) is 0 Å². The standard InChI is InChI=1S/C11H15N/c1-4-9-6-10(5-2)8(3)11(12)7-9/h5-7H,2,4,12H2,1,3H3. The molecule has 64 valence electrons. The van der Waals surface area contributed by atoms with Crippen molar-refractivity contribution in [3.05, 3.63) is 35.4 Å². The number of hydrogen-bond acceptors (Lipinski definition) is 1. The number of aryl methyl sites for hydroxylation is 1. The summed E-state index contributed by atoms with van der Waals surface area (Å²) in [6, 6.07) is 4.17. The Labute approximate surface area is 73.9 Å². The van der Waals surface area contributed by atoms with Gasteiger partial charge in [0, 0.05) is 5.69 Å². The molecule has 0 saturated heterocycles. The first kappa shape index (κ1) is 8.85. The third kappa shape index (κ3) is 1.50. The fourth-order valence-corrected chi connectivity index (χ4v) is 1.24. The molecule has 0 unspecified atom stereocenters. The van der Waals surface area contributed by atoms with E-state index in [1.54, 1.807) is 0 Å². The Balaban J connectivity index is 3.28. The van der Waals surface area contributed by atoms with E-state index in [4.69, 9.17) is 5.73 Å². The molecule has 1 aromatic carbocycles. The molecule has 0 radical (unpaired) electrons. The number of rotatable bonds is 2. The smallest absolute Gasteiger partial charge is 0.0352 e. The summed E-state index contributed by atoms with van der Waals surface area (Å²) in [5.74, 6) is 0. The van der Waals surface area contributed by atoms with E-state index in [0.29, 0.717) is 0 Å². The van der Waals surface area contributed by atoms with Gasteiger partial charge in [0.2, 0.25) is 0 Å². The lowest BCUT2D eigenvalue weighted by Crippen LogP contribution is -1.94. The van der Waals surface area contributed by atoms with E-state index in [-0.39, 0.29) is 0 Å². The molecule has 1 heteroatoms. The van der Waals surface area contributed by atoms with Crippen LogP contribution in [0.25, 0.3) is 6.08 Å². The average Bonchev–Trinajstić information content (AvgIpc) is 2.09. The predicted molar refractivity (Wildman–Crippen MR) is 55.1 cm³/mol. The van der Waals surface area contributed by atoms with E-state index in [1.165, 1.54) is 5.56 Å². The summed E-state index contributed by atoms with van der Waals surface area (Å²) in [5.41, 5.74) is 10.2. The zero-order chi connectivity index (χ0) is 9.14. The van der Waals surface area contributed by atoms with E-state index >= 15 is 0 Å². The van der Waals surface area contributed by atoms with Gasteiger partial charge in [-0.1, -0.05) is 25.6 Å². The van der Waals surface area contributed by atoms with Crippen molar-refractivity contribution in [2.45, 2.75) is 20.3 Å². The SMILES string of the molecule is C=Cc1cc(CC)cc(N)c1C. The lowest BCUT2D eigenvalue weighted by molar-refractivity contribution is 1.13. The van der Waals surface area contributed by atoms with Crippen molar-refractivity contribution < 1.29 is 0 Å². The Kier molecular flexibility index (Phi) is 2.54. The molecular weight excluding hydrogens is 146 g/mol. The third-order valence-electron chi connectivity index (χ3n) is 2.18. The second kappa shape index (κ2) is 3.44. The number of nitrogen functional groups attached to an aromatic ring is 1. The summed E-state index contributed by atoms with van der Waals surface area (Å²) in [7, 11) is 0. The summed E-state index contributed by atoms with van der Waals surface area (Å²) in [6.45, 7) is 7.89. The van der Waals surface area contributed by atoms with Gasteiger partial charge in [-0.05, 0) is 36.1 Å². The fourth-order valence-electron chi connectivity index (χ4n) is 1.24. The Morgan fingerprint density at radius 2 is 2.17 bits per heavy atom. The van der Waals surface area contributed by atoms with Crippen LogP contribution in [-0.4, -0.2) is 0 Å². The lowest BCUT2D eigenvalue weighted by atomic mass is 10.0. The maximum absolute atomic E-state index is 5.82. The Hall–Kier alpha value is -1.24. The first-order chi connectivity index (χ1) is 5.69.